The van der Waals surface area contributed by atoms with E-state index in [2.05, 4.69) is 5.10 Å². The Morgan fingerprint density at radius 2 is 2.00 bits per heavy atom. The van der Waals surface area contributed by atoms with E-state index in [0.29, 0.717) is 25.2 Å². The number of carbonyl (C=O) groups is 1. The minimum atomic E-state index is -0.627. The summed E-state index contributed by atoms with van der Waals surface area (Å²) in [4.78, 5) is 26.9. The lowest BCUT2D eigenvalue weighted by Crippen LogP contribution is -2.55. The van der Waals surface area contributed by atoms with Gasteiger partial charge in [-0.3, -0.25) is 9.59 Å². The molecule has 4 rings (SSSR count). The first-order valence-corrected chi connectivity index (χ1v) is 10.2. The summed E-state index contributed by atoms with van der Waals surface area (Å²) in [6.07, 6.45) is 4.53. The molecule has 7 nitrogen and oxygen atoms in total. The Balaban J connectivity index is 1.48. The Labute approximate surface area is 169 Å². The van der Waals surface area contributed by atoms with Gasteiger partial charge in [-0.15, -0.1) is 0 Å². The topological polar surface area (TPSA) is 84.7 Å². The Hall–Kier alpha value is -2.67. The Morgan fingerprint density at radius 3 is 2.76 bits per heavy atom. The number of aromatic nitrogens is 2. The lowest BCUT2D eigenvalue weighted by atomic mass is 9.71. The van der Waals surface area contributed by atoms with E-state index in [4.69, 9.17) is 4.74 Å². The number of benzene rings is 1. The number of aliphatic hydroxyl groups is 1. The van der Waals surface area contributed by atoms with Crippen molar-refractivity contribution < 1.29 is 14.6 Å². The lowest BCUT2D eigenvalue weighted by Gasteiger charge is -2.47. The number of hydrogen-bond acceptors (Lipinski definition) is 5. The van der Waals surface area contributed by atoms with Crippen LogP contribution in [-0.2, 0) is 11.3 Å². The normalized spacial score (nSPS) is 24.1. The number of fused-ring (bicyclic) bond motifs is 1. The molecular weight excluding hydrogens is 370 g/mol. The highest BCUT2D eigenvalue weighted by Gasteiger charge is 2.43. The van der Waals surface area contributed by atoms with E-state index in [-0.39, 0.29) is 23.9 Å². The third kappa shape index (κ3) is 4.05. The molecule has 1 aliphatic carbocycles. The minimum absolute atomic E-state index is 0.0893. The molecule has 2 heterocycles. The van der Waals surface area contributed by atoms with Gasteiger partial charge in [-0.05, 0) is 49.6 Å². The van der Waals surface area contributed by atoms with E-state index < -0.39 is 5.60 Å². The molecular formula is C22H27N3O4. The zero-order valence-corrected chi connectivity index (χ0v) is 16.7. The molecule has 2 fully saturated rings. The third-order valence-electron chi connectivity index (χ3n) is 6.32. The molecule has 0 radical (unpaired) electrons. The zero-order chi connectivity index (χ0) is 20.4. The first-order chi connectivity index (χ1) is 14.0. The fraction of sp³-hybridized carbons (Fsp3) is 0.500. The molecule has 0 unspecified atom stereocenters. The minimum Gasteiger partial charge on any atom is -0.497 e. The van der Waals surface area contributed by atoms with Gasteiger partial charge in [0.2, 0.25) is 5.91 Å². The lowest BCUT2D eigenvalue weighted by molar-refractivity contribution is -0.144. The first-order valence-electron chi connectivity index (χ1n) is 10.2. The van der Waals surface area contributed by atoms with Crippen molar-refractivity contribution in [1.82, 2.24) is 14.7 Å². The maximum absolute atomic E-state index is 12.9. The number of piperidine rings is 1. The SMILES string of the molecule is COc1ccc(-c2ccc(=O)n(CC(=O)N3CC[C@]4(O)CCCC[C@@H]4C3)n2)cc1. The fourth-order valence-corrected chi connectivity index (χ4v) is 4.50. The quantitative estimate of drug-likeness (QED) is 0.854. The summed E-state index contributed by atoms with van der Waals surface area (Å²) in [6, 6.07) is 10.5. The average molecular weight is 397 g/mol. The molecule has 1 N–H and O–H groups in total. The van der Waals surface area contributed by atoms with E-state index in [1.807, 2.05) is 24.3 Å². The second-order valence-electron chi connectivity index (χ2n) is 8.08. The second kappa shape index (κ2) is 7.99. The number of likely N-dealkylation sites (tertiary alicyclic amines) is 1. The molecule has 29 heavy (non-hydrogen) atoms. The van der Waals surface area contributed by atoms with Gasteiger partial charge >= 0.3 is 0 Å². The first kappa shape index (κ1) is 19.6. The van der Waals surface area contributed by atoms with Crippen LogP contribution in [0.3, 0.4) is 0 Å². The van der Waals surface area contributed by atoms with Crippen molar-refractivity contribution in [2.24, 2.45) is 5.92 Å². The van der Waals surface area contributed by atoms with Gasteiger partial charge in [0.15, 0.2) is 0 Å². The van der Waals surface area contributed by atoms with Crippen LogP contribution in [0.4, 0.5) is 0 Å². The second-order valence-corrected chi connectivity index (χ2v) is 8.08. The van der Waals surface area contributed by atoms with Crippen LogP contribution in [0.5, 0.6) is 5.75 Å². The highest BCUT2D eigenvalue weighted by atomic mass is 16.5. The van der Waals surface area contributed by atoms with Crippen LogP contribution in [0.15, 0.2) is 41.2 Å². The summed E-state index contributed by atoms with van der Waals surface area (Å²) in [5.41, 5.74) is 0.540. The van der Waals surface area contributed by atoms with Crippen LogP contribution >= 0.6 is 0 Å². The highest BCUT2D eigenvalue weighted by Crippen LogP contribution is 2.39. The molecule has 154 valence electrons. The Bertz CT molecular complexity index is 940. The van der Waals surface area contributed by atoms with Crippen LogP contribution in [-0.4, -0.2) is 51.5 Å². The molecule has 1 aromatic heterocycles. The van der Waals surface area contributed by atoms with Gasteiger partial charge in [0.1, 0.15) is 12.3 Å². The summed E-state index contributed by atoms with van der Waals surface area (Å²) in [7, 11) is 1.60. The van der Waals surface area contributed by atoms with Crippen LogP contribution < -0.4 is 10.3 Å². The highest BCUT2D eigenvalue weighted by molar-refractivity contribution is 5.76. The summed E-state index contributed by atoms with van der Waals surface area (Å²) < 4.78 is 6.39. The summed E-state index contributed by atoms with van der Waals surface area (Å²) in [6.45, 7) is 0.995. The van der Waals surface area contributed by atoms with E-state index in [1.165, 1.54) is 10.7 Å². The van der Waals surface area contributed by atoms with Crippen molar-refractivity contribution in [3.63, 3.8) is 0 Å². The molecule has 2 aromatic rings. The maximum Gasteiger partial charge on any atom is 0.267 e. The average Bonchev–Trinajstić information content (AvgIpc) is 2.74. The van der Waals surface area contributed by atoms with Gasteiger partial charge in [-0.1, -0.05) is 12.8 Å². The molecule has 1 aromatic carbocycles. The van der Waals surface area contributed by atoms with E-state index in [1.54, 1.807) is 18.1 Å². The number of carbonyl (C=O) groups excluding carboxylic acids is 1. The fourth-order valence-electron chi connectivity index (χ4n) is 4.50. The van der Waals surface area contributed by atoms with E-state index >= 15 is 0 Å². The predicted octanol–water partition coefficient (Wildman–Crippen LogP) is 2.07. The molecule has 7 heteroatoms. The van der Waals surface area contributed by atoms with Crippen LogP contribution in [0, 0.1) is 5.92 Å². The third-order valence-corrected chi connectivity index (χ3v) is 6.32. The molecule has 2 atom stereocenters. The largest absolute Gasteiger partial charge is 0.497 e. The standard InChI is InChI=1S/C22H27N3O4/c1-29-18-7-5-16(6-8-18)19-9-10-20(26)25(23-19)15-21(27)24-13-12-22(28)11-3-2-4-17(22)14-24/h5-10,17,28H,2-4,11-15H2,1H3/t17-,22-/m1/s1. The van der Waals surface area contributed by atoms with E-state index in [0.717, 1.165) is 37.0 Å². The number of methoxy groups -OCH3 is 1. The number of rotatable bonds is 4. The summed E-state index contributed by atoms with van der Waals surface area (Å²) >= 11 is 0. The molecule has 0 bridgehead atoms. The van der Waals surface area contributed by atoms with Gasteiger partial charge in [-0.25, -0.2) is 4.68 Å². The van der Waals surface area contributed by atoms with Gasteiger partial charge < -0.3 is 14.7 Å². The molecule has 1 aliphatic heterocycles. The van der Waals surface area contributed by atoms with Gasteiger partial charge in [0, 0.05) is 30.6 Å². The molecule has 0 spiro atoms. The van der Waals surface area contributed by atoms with Crippen molar-refractivity contribution >= 4 is 5.91 Å². The van der Waals surface area contributed by atoms with Crippen molar-refractivity contribution in [3.05, 3.63) is 46.8 Å². The number of amides is 1. The number of hydrogen-bond donors (Lipinski definition) is 1. The Morgan fingerprint density at radius 1 is 1.21 bits per heavy atom. The number of ether oxygens (including phenoxy) is 1. The smallest absolute Gasteiger partial charge is 0.267 e. The zero-order valence-electron chi connectivity index (χ0n) is 16.7. The predicted molar refractivity (Wildman–Crippen MR) is 109 cm³/mol. The number of nitrogens with zero attached hydrogens (tertiary/aromatic N) is 3. The monoisotopic (exact) mass is 397 g/mol. The van der Waals surface area contributed by atoms with Gasteiger partial charge in [-0.2, -0.15) is 5.10 Å². The van der Waals surface area contributed by atoms with Crippen molar-refractivity contribution in [2.45, 2.75) is 44.2 Å². The van der Waals surface area contributed by atoms with Crippen molar-refractivity contribution in [3.8, 4) is 17.0 Å². The molecule has 1 saturated heterocycles. The maximum atomic E-state index is 12.9. The van der Waals surface area contributed by atoms with Crippen LogP contribution in [0.2, 0.25) is 0 Å². The van der Waals surface area contributed by atoms with E-state index in [9.17, 15) is 14.7 Å². The summed E-state index contributed by atoms with van der Waals surface area (Å²) in [5.74, 6) is 0.744. The van der Waals surface area contributed by atoms with Crippen molar-refractivity contribution in [2.75, 3.05) is 20.2 Å². The molecule has 2 aliphatic rings. The van der Waals surface area contributed by atoms with Crippen LogP contribution in [0.1, 0.15) is 32.1 Å². The van der Waals surface area contributed by atoms with Gasteiger partial charge in [0.25, 0.3) is 5.56 Å². The van der Waals surface area contributed by atoms with Crippen LogP contribution in [0.25, 0.3) is 11.3 Å². The Kier molecular flexibility index (Phi) is 5.41. The molecule has 1 saturated carbocycles. The van der Waals surface area contributed by atoms with Gasteiger partial charge in [0.05, 0.1) is 18.4 Å². The molecule has 1 amide bonds. The summed E-state index contributed by atoms with van der Waals surface area (Å²) in [5, 5.41) is 15.2. The van der Waals surface area contributed by atoms with Crippen molar-refractivity contribution in [1.29, 1.82) is 0 Å².